The van der Waals surface area contributed by atoms with Gasteiger partial charge in [-0.2, -0.15) is 0 Å². The van der Waals surface area contributed by atoms with Gasteiger partial charge in [0.25, 0.3) is 0 Å². The van der Waals surface area contributed by atoms with Crippen LogP contribution in [0.15, 0.2) is 30.3 Å². The first-order valence-corrected chi connectivity index (χ1v) is 6.85. The second kappa shape index (κ2) is 6.01. The summed E-state index contributed by atoms with van der Waals surface area (Å²) in [5.74, 6) is 0.204. The van der Waals surface area contributed by atoms with E-state index in [1.165, 1.54) is 6.42 Å². The fourth-order valence-corrected chi connectivity index (χ4v) is 2.59. The average Bonchev–Trinajstić information content (AvgIpc) is 2.41. The van der Waals surface area contributed by atoms with E-state index < -0.39 is 0 Å². The quantitative estimate of drug-likeness (QED) is 0.889. The van der Waals surface area contributed by atoms with Crippen molar-refractivity contribution in [2.24, 2.45) is 0 Å². The molecule has 18 heavy (non-hydrogen) atoms. The van der Waals surface area contributed by atoms with Gasteiger partial charge in [0.15, 0.2) is 0 Å². The SMILES string of the molecule is CCN(C(=O)C1CCCC(C)N1)c1ccccc1. The molecule has 1 aliphatic rings. The monoisotopic (exact) mass is 246 g/mol. The molecule has 1 amide bonds. The van der Waals surface area contributed by atoms with Gasteiger partial charge in [-0.3, -0.25) is 4.79 Å². The number of nitrogens with one attached hydrogen (secondary N) is 1. The molecule has 0 aliphatic carbocycles. The van der Waals surface area contributed by atoms with Crippen molar-refractivity contribution >= 4 is 11.6 Å². The number of likely N-dealkylation sites (N-methyl/N-ethyl adjacent to an activating group) is 1. The zero-order chi connectivity index (χ0) is 13.0. The predicted molar refractivity (Wildman–Crippen MR) is 74.7 cm³/mol. The second-order valence-electron chi connectivity index (χ2n) is 4.97. The minimum Gasteiger partial charge on any atom is -0.311 e. The standard InChI is InChI=1S/C15H22N2O/c1-3-17(13-9-5-4-6-10-13)15(18)14-11-7-8-12(2)16-14/h4-6,9-10,12,14,16H,3,7-8,11H2,1-2H3. The number of amides is 1. The molecule has 1 heterocycles. The summed E-state index contributed by atoms with van der Waals surface area (Å²) in [7, 11) is 0. The van der Waals surface area contributed by atoms with E-state index in [-0.39, 0.29) is 11.9 Å². The molecule has 98 valence electrons. The fraction of sp³-hybridized carbons (Fsp3) is 0.533. The van der Waals surface area contributed by atoms with E-state index in [0.29, 0.717) is 6.04 Å². The maximum absolute atomic E-state index is 12.5. The summed E-state index contributed by atoms with van der Waals surface area (Å²) >= 11 is 0. The lowest BCUT2D eigenvalue weighted by Crippen LogP contribution is -2.51. The third kappa shape index (κ3) is 2.91. The number of carbonyl (C=O) groups excluding carboxylic acids is 1. The minimum atomic E-state index is -0.0195. The fourth-order valence-electron chi connectivity index (χ4n) is 2.59. The van der Waals surface area contributed by atoms with E-state index in [2.05, 4.69) is 12.2 Å². The molecule has 0 aromatic heterocycles. The van der Waals surface area contributed by atoms with Crippen LogP contribution in [0.2, 0.25) is 0 Å². The summed E-state index contributed by atoms with van der Waals surface area (Å²) in [5.41, 5.74) is 0.991. The Morgan fingerprint density at radius 1 is 1.33 bits per heavy atom. The Morgan fingerprint density at radius 3 is 2.67 bits per heavy atom. The summed E-state index contributed by atoms with van der Waals surface area (Å²) in [6.45, 7) is 4.89. The Balaban J connectivity index is 2.10. The summed E-state index contributed by atoms with van der Waals surface area (Å²) < 4.78 is 0. The molecule has 3 nitrogen and oxygen atoms in total. The molecule has 2 rings (SSSR count). The van der Waals surface area contributed by atoms with Gasteiger partial charge >= 0.3 is 0 Å². The predicted octanol–water partition coefficient (Wildman–Crippen LogP) is 2.57. The molecule has 1 aromatic carbocycles. The Morgan fingerprint density at radius 2 is 2.06 bits per heavy atom. The maximum Gasteiger partial charge on any atom is 0.244 e. The van der Waals surface area contributed by atoms with Gasteiger partial charge in [-0.15, -0.1) is 0 Å². The van der Waals surface area contributed by atoms with Crippen molar-refractivity contribution in [1.82, 2.24) is 5.32 Å². The van der Waals surface area contributed by atoms with Crippen molar-refractivity contribution < 1.29 is 4.79 Å². The van der Waals surface area contributed by atoms with Crippen LogP contribution in [0.4, 0.5) is 5.69 Å². The molecule has 1 saturated heterocycles. The van der Waals surface area contributed by atoms with Gasteiger partial charge < -0.3 is 10.2 Å². The molecule has 0 spiro atoms. The van der Waals surface area contributed by atoms with Gasteiger partial charge in [0, 0.05) is 18.3 Å². The van der Waals surface area contributed by atoms with E-state index >= 15 is 0 Å². The summed E-state index contributed by atoms with van der Waals surface area (Å²) in [6, 6.07) is 10.3. The van der Waals surface area contributed by atoms with Crippen LogP contribution >= 0.6 is 0 Å². The Labute approximate surface area is 109 Å². The molecular formula is C15H22N2O. The average molecular weight is 246 g/mol. The zero-order valence-corrected chi connectivity index (χ0v) is 11.2. The third-order valence-corrected chi connectivity index (χ3v) is 3.56. The van der Waals surface area contributed by atoms with Crippen molar-refractivity contribution in [3.8, 4) is 0 Å². The van der Waals surface area contributed by atoms with Crippen LogP contribution in [0.1, 0.15) is 33.1 Å². The molecule has 0 radical (unpaired) electrons. The number of benzene rings is 1. The van der Waals surface area contributed by atoms with Gasteiger partial charge in [0.2, 0.25) is 5.91 Å². The lowest BCUT2D eigenvalue weighted by Gasteiger charge is -2.32. The van der Waals surface area contributed by atoms with Crippen LogP contribution in [0.3, 0.4) is 0 Å². The number of para-hydroxylation sites is 1. The Hall–Kier alpha value is -1.35. The highest BCUT2D eigenvalue weighted by Gasteiger charge is 2.27. The Kier molecular flexibility index (Phi) is 4.37. The smallest absolute Gasteiger partial charge is 0.244 e. The highest BCUT2D eigenvalue weighted by molar-refractivity contribution is 5.97. The maximum atomic E-state index is 12.5. The van der Waals surface area contributed by atoms with E-state index in [0.717, 1.165) is 25.1 Å². The van der Waals surface area contributed by atoms with Crippen molar-refractivity contribution in [2.75, 3.05) is 11.4 Å². The molecule has 1 aromatic rings. The molecule has 3 heteroatoms. The molecule has 1 aliphatic heterocycles. The second-order valence-corrected chi connectivity index (χ2v) is 4.97. The molecule has 0 saturated carbocycles. The van der Waals surface area contributed by atoms with Crippen LogP contribution in [-0.4, -0.2) is 24.5 Å². The number of hydrogen-bond acceptors (Lipinski definition) is 2. The normalized spacial score (nSPS) is 23.7. The number of nitrogens with zero attached hydrogens (tertiary/aromatic N) is 1. The van der Waals surface area contributed by atoms with Crippen LogP contribution in [0.5, 0.6) is 0 Å². The van der Waals surface area contributed by atoms with Crippen LogP contribution < -0.4 is 10.2 Å². The summed E-state index contributed by atoms with van der Waals surface area (Å²) in [4.78, 5) is 14.4. The lowest BCUT2D eigenvalue weighted by atomic mass is 9.98. The lowest BCUT2D eigenvalue weighted by molar-refractivity contribution is -0.121. The molecule has 1 N–H and O–H groups in total. The first-order valence-electron chi connectivity index (χ1n) is 6.85. The molecular weight excluding hydrogens is 224 g/mol. The van der Waals surface area contributed by atoms with E-state index in [1.807, 2.05) is 42.2 Å². The first kappa shape index (κ1) is 13.1. The third-order valence-electron chi connectivity index (χ3n) is 3.56. The number of piperidine rings is 1. The van der Waals surface area contributed by atoms with Crippen LogP contribution in [0.25, 0.3) is 0 Å². The molecule has 2 unspecified atom stereocenters. The first-order chi connectivity index (χ1) is 8.72. The minimum absolute atomic E-state index is 0.0195. The number of carbonyl (C=O) groups is 1. The topological polar surface area (TPSA) is 32.3 Å². The summed E-state index contributed by atoms with van der Waals surface area (Å²) in [6.07, 6.45) is 3.25. The highest BCUT2D eigenvalue weighted by atomic mass is 16.2. The Bertz CT molecular complexity index is 391. The van der Waals surface area contributed by atoms with Crippen molar-refractivity contribution in [3.63, 3.8) is 0 Å². The van der Waals surface area contributed by atoms with E-state index in [9.17, 15) is 4.79 Å². The zero-order valence-electron chi connectivity index (χ0n) is 11.2. The van der Waals surface area contributed by atoms with Gasteiger partial charge in [-0.25, -0.2) is 0 Å². The molecule has 0 bridgehead atoms. The number of hydrogen-bond donors (Lipinski definition) is 1. The van der Waals surface area contributed by atoms with Gasteiger partial charge in [-0.1, -0.05) is 18.2 Å². The molecule has 2 atom stereocenters. The van der Waals surface area contributed by atoms with Gasteiger partial charge in [0.1, 0.15) is 0 Å². The van der Waals surface area contributed by atoms with Gasteiger partial charge in [-0.05, 0) is 45.2 Å². The van der Waals surface area contributed by atoms with Crippen LogP contribution in [-0.2, 0) is 4.79 Å². The molecule has 1 fully saturated rings. The highest BCUT2D eigenvalue weighted by Crippen LogP contribution is 2.19. The van der Waals surface area contributed by atoms with E-state index in [1.54, 1.807) is 0 Å². The summed E-state index contributed by atoms with van der Waals surface area (Å²) in [5, 5.41) is 3.41. The van der Waals surface area contributed by atoms with Crippen molar-refractivity contribution in [3.05, 3.63) is 30.3 Å². The number of rotatable bonds is 3. The van der Waals surface area contributed by atoms with Crippen molar-refractivity contribution in [2.45, 2.75) is 45.2 Å². The largest absolute Gasteiger partial charge is 0.311 e. The van der Waals surface area contributed by atoms with Gasteiger partial charge in [0.05, 0.1) is 6.04 Å². The van der Waals surface area contributed by atoms with E-state index in [4.69, 9.17) is 0 Å². The van der Waals surface area contributed by atoms with Crippen molar-refractivity contribution in [1.29, 1.82) is 0 Å². The van der Waals surface area contributed by atoms with Crippen LogP contribution in [0, 0.1) is 0 Å². The number of anilines is 1.